The van der Waals surface area contributed by atoms with Gasteiger partial charge >= 0.3 is 18.1 Å². The van der Waals surface area contributed by atoms with Gasteiger partial charge in [-0.05, 0) is 222 Å². The van der Waals surface area contributed by atoms with Crippen LogP contribution in [0.3, 0.4) is 0 Å². The molecule has 0 radical (unpaired) electrons. The number of hydrogen-bond donors (Lipinski definition) is 3. The van der Waals surface area contributed by atoms with Crippen molar-refractivity contribution in [3.63, 3.8) is 0 Å². The monoisotopic (exact) mass is 1610 g/mol. The van der Waals surface area contributed by atoms with Crippen molar-refractivity contribution in [1.29, 1.82) is 0 Å². The Morgan fingerprint density at radius 2 is 0.763 bits per heavy atom. The lowest BCUT2D eigenvalue weighted by Gasteiger charge is -2.45. The Bertz CT molecular complexity index is 4800. The minimum atomic E-state index is -0.951. The van der Waals surface area contributed by atoms with E-state index in [1.807, 2.05) is 42.4 Å². The Kier molecular flexibility index (Phi) is 25.2. The molecule has 6 aromatic rings. The third kappa shape index (κ3) is 18.1. The Balaban J connectivity index is 0.000000138. The van der Waals surface area contributed by atoms with Gasteiger partial charge in [0.1, 0.15) is 6.10 Å². The molecule has 0 bridgehead atoms. The van der Waals surface area contributed by atoms with Crippen molar-refractivity contribution in [2.24, 2.45) is 0 Å². The number of amides is 6. The molecular weight excluding hydrogens is 1470 g/mol. The highest BCUT2D eigenvalue weighted by molar-refractivity contribution is 5.85. The SMILES string of the molecule is CC[C@@H]1COC(C)(C)O1.Cc1cc(C)cc(CN2CCC3(CC2)C2=CC(C)c4c(C)cc(C)cc4CN2C(=O)N3C[C@@H]2COC(C)(C)O2)c1.Cc1cc(C)cc(CN2CCC3(CC2)C2=C[C@H](C)c4c(C)cc(C)cc4CN2C(=O)N3C[C@@H](O)CO)c1.Cc1cc(C)cc(CN2CCC3(CC2)NC(=O)N2Cc4cc(C)cc(C)c4C(C)C=C23)c1. The number of urea groups is 3. The molecular formula is C100H135N9O9. The van der Waals surface area contributed by atoms with Crippen LogP contribution in [0.1, 0.15) is 235 Å². The topological polar surface area (TPSA) is 167 Å². The van der Waals surface area contributed by atoms with Crippen LogP contribution in [0.5, 0.6) is 0 Å². The van der Waals surface area contributed by atoms with Gasteiger partial charge in [-0.2, -0.15) is 0 Å². The summed E-state index contributed by atoms with van der Waals surface area (Å²) in [5.41, 5.74) is 29.9. The first-order valence-electron chi connectivity index (χ1n) is 44.0. The Morgan fingerprint density at radius 1 is 0.432 bits per heavy atom. The van der Waals surface area contributed by atoms with E-state index in [2.05, 4.69) is 250 Å². The van der Waals surface area contributed by atoms with E-state index in [9.17, 15) is 24.6 Å². The highest BCUT2D eigenvalue weighted by atomic mass is 16.7. The van der Waals surface area contributed by atoms with E-state index < -0.39 is 17.4 Å². The Morgan fingerprint density at radius 3 is 1.11 bits per heavy atom. The molecule has 3 N–H and O–H groups in total. The zero-order chi connectivity index (χ0) is 84.4. The molecule has 6 atom stereocenters. The number of nitrogens with zero attached hydrogens (tertiary/aromatic N) is 8. The molecule has 11 aliphatic rings. The highest BCUT2D eigenvalue weighted by Crippen LogP contribution is 2.52. The molecule has 0 aliphatic carbocycles. The van der Waals surface area contributed by atoms with E-state index in [1.54, 1.807) is 0 Å². The first-order valence-corrected chi connectivity index (χ1v) is 44.0. The van der Waals surface area contributed by atoms with Crippen LogP contribution in [0.15, 0.2) is 126 Å². The van der Waals surface area contributed by atoms with Crippen LogP contribution in [0.4, 0.5) is 14.4 Å². The zero-order valence-corrected chi connectivity index (χ0v) is 74.7. The number of nitrogens with one attached hydrogen (secondary N) is 1. The minimum absolute atomic E-state index is 0.0549. The van der Waals surface area contributed by atoms with Crippen LogP contribution in [0, 0.1) is 83.1 Å². The number of benzene rings is 6. The maximum atomic E-state index is 14.3. The van der Waals surface area contributed by atoms with E-state index in [0.717, 1.165) is 116 Å². The molecule has 11 heterocycles. The lowest BCUT2D eigenvalue weighted by atomic mass is 9.81. The third-order valence-electron chi connectivity index (χ3n) is 27.0. The molecule has 3 spiro atoms. The molecule has 634 valence electrons. The number of hydrogen-bond acceptors (Lipinski definition) is 12. The van der Waals surface area contributed by atoms with Crippen molar-refractivity contribution in [1.82, 2.24) is 44.5 Å². The number of allylic oxidation sites excluding steroid dienone is 3. The fourth-order valence-corrected chi connectivity index (χ4v) is 22.3. The summed E-state index contributed by atoms with van der Waals surface area (Å²) >= 11 is 0. The molecule has 118 heavy (non-hydrogen) atoms. The highest BCUT2D eigenvalue weighted by Gasteiger charge is 2.59. The van der Waals surface area contributed by atoms with Crippen LogP contribution in [0.25, 0.3) is 0 Å². The van der Waals surface area contributed by atoms with E-state index in [4.69, 9.17) is 18.9 Å². The molecule has 18 nitrogen and oxygen atoms in total. The van der Waals surface area contributed by atoms with Gasteiger partial charge in [-0.25, -0.2) is 14.4 Å². The van der Waals surface area contributed by atoms with Gasteiger partial charge < -0.3 is 44.3 Å². The number of fused-ring (bicyclic) bond motifs is 9. The summed E-state index contributed by atoms with van der Waals surface area (Å²) in [5.74, 6) is -0.193. The van der Waals surface area contributed by atoms with Crippen LogP contribution in [-0.4, -0.2) is 186 Å². The fraction of sp³-hybridized carbons (Fsp3) is 0.550. The van der Waals surface area contributed by atoms with Crippen molar-refractivity contribution in [3.8, 4) is 0 Å². The summed E-state index contributed by atoms with van der Waals surface area (Å²) in [7, 11) is 0. The number of carbonyl (C=O) groups excluding carboxylic acids is 3. The standard InChI is InChI=1S/C34H45N3O3.C31H41N3O3.C28H35N3O.C7H14O2/c1-22-12-23(2)15-27(14-22)18-35-10-8-34(9-11-35)30-17-26(5)31-25(4)13-24(3)16-28(31)19-36(30)32(38)37(34)20-29-21-39-33(6,7)40-29;1-20-10-21(2)13-25(12-20)16-32-8-6-31(7-9-32)28-15-24(5)29-23(4)11-22(3)14-26(29)17-33(28)30(37)34(31)18-27(36)19-35;1-18-10-19(2)13-23(12-18)16-30-8-6-28(7-9-30)25-15-22(5)26-21(4)11-20(3)14-24(26)17-31(25)27(32)29-28;1-4-6-5-8-7(2,3)9-6/h12-17,26,29H,8-11,18-21H2,1-7H3;10-15,24,27,35-36H,6-9,16-19H2,1-5H3;10-15,22H,6-9,16-17H2,1-5H3,(H,29,32);6H,4-5H2,1-3H3/t26?,29-;24-,27+;;6-/m10.1/s1. The van der Waals surface area contributed by atoms with E-state index in [1.165, 1.54) is 128 Å². The lowest BCUT2D eigenvalue weighted by molar-refractivity contribution is -0.140. The largest absolute Gasteiger partial charge is 0.394 e. The first kappa shape index (κ1) is 86.4. The molecule has 6 aromatic carbocycles. The number of aliphatic hydroxyl groups excluding tert-OH is 2. The van der Waals surface area contributed by atoms with Gasteiger partial charge in [0.2, 0.25) is 0 Å². The summed E-state index contributed by atoms with van der Waals surface area (Å²) < 4.78 is 22.9. The molecule has 8 fully saturated rings. The fourth-order valence-electron chi connectivity index (χ4n) is 22.3. The van der Waals surface area contributed by atoms with Crippen LogP contribution in [-0.2, 0) is 58.2 Å². The van der Waals surface area contributed by atoms with Crippen LogP contribution in [0.2, 0.25) is 0 Å². The Labute approximate surface area is 704 Å². The number of ether oxygens (including phenoxy) is 4. The summed E-state index contributed by atoms with van der Waals surface area (Å²) in [6.45, 7) is 54.7. The number of likely N-dealkylation sites (tertiary alicyclic amines) is 3. The summed E-state index contributed by atoms with van der Waals surface area (Å²) in [5, 5.41) is 23.5. The van der Waals surface area contributed by atoms with Gasteiger partial charge in [-0.3, -0.25) is 29.4 Å². The molecule has 0 saturated carbocycles. The van der Waals surface area contributed by atoms with Gasteiger partial charge in [0.05, 0.1) is 81.4 Å². The van der Waals surface area contributed by atoms with Crippen molar-refractivity contribution in [2.75, 3.05) is 72.2 Å². The van der Waals surface area contributed by atoms with E-state index in [-0.39, 0.29) is 66.0 Å². The van der Waals surface area contributed by atoms with E-state index >= 15 is 0 Å². The van der Waals surface area contributed by atoms with Crippen molar-refractivity contribution in [3.05, 3.63) is 243 Å². The van der Waals surface area contributed by atoms with E-state index in [0.29, 0.717) is 44.8 Å². The minimum Gasteiger partial charge on any atom is -0.394 e. The average Bonchev–Trinajstić information content (AvgIpc) is 1.58. The smallest absolute Gasteiger partial charge is 0.325 e. The van der Waals surface area contributed by atoms with Gasteiger partial charge in [0, 0.05) is 93.7 Å². The predicted molar refractivity (Wildman–Crippen MR) is 469 cm³/mol. The number of carbonyl (C=O) groups is 3. The van der Waals surface area contributed by atoms with Crippen molar-refractivity contribution >= 4 is 18.1 Å². The number of aliphatic hydroxyl groups is 2. The van der Waals surface area contributed by atoms with Gasteiger partial charge in [0.15, 0.2) is 11.6 Å². The molecule has 18 heteroatoms. The maximum Gasteiger partial charge on any atom is 0.325 e. The number of rotatable bonds is 12. The predicted octanol–water partition coefficient (Wildman–Crippen LogP) is 17.9. The lowest BCUT2D eigenvalue weighted by Crippen LogP contribution is -2.55. The second kappa shape index (κ2) is 34.5. The summed E-state index contributed by atoms with van der Waals surface area (Å²) in [4.78, 5) is 59.1. The second-order valence-electron chi connectivity index (χ2n) is 38.1. The molecule has 11 aliphatic heterocycles. The van der Waals surface area contributed by atoms with Gasteiger partial charge in [0.25, 0.3) is 0 Å². The second-order valence-corrected chi connectivity index (χ2v) is 38.1. The maximum absolute atomic E-state index is 14.3. The molecule has 2 unspecified atom stereocenters. The zero-order valence-electron chi connectivity index (χ0n) is 74.7. The van der Waals surface area contributed by atoms with Crippen molar-refractivity contribution < 1.29 is 43.5 Å². The number of piperidine rings is 3. The average molecular weight is 1610 g/mol. The molecule has 8 saturated heterocycles. The van der Waals surface area contributed by atoms with Gasteiger partial charge in [-0.15, -0.1) is 0 Å². The number of β-amino-alcohol motifs (C(OH)–C–C–N with tert-alkyl or cyclic N) is 1. The van der Waals surface area contributed by atoms with Crippen molar-refractivity contribution in [2.45, 2.75) is 287 Å². The third-order valence-corrected chi connectivity index (χ3v) is 27.0. The van der Waals surface area contributed by atoms with Gasteiger partial charge in [-0.1, -0.05) is 187 Å². The Hall–Kier alpha value is -8.01. The molecule has 0 aromatic heterocycles. The summed E-state index contributed by atoms with van der Waals surface area (Å²) in [6, 6.07) is 34.1. The summed E-state index contributed by atoms with van der Waals surface area (Å²) in [6.07, 6.45) is 12.8. The quantitative estimate of drug-likeness (QED) is 0.106. The first-order chi connectivity index (χ1) is 55.9. The van der Waals surface area contributed by atoms with Crippen LogP contribution >= 0.6 is 0 Å². The molecule has 17 rings (SSSR count). The molecule has 6 amide bonds. The van der Waals surface area contributed by atoms with Crippen LogP contribution < -0.4 is 5.32 Å². The normalized spacial score (nSPS) is 24.2. The number of aryl methyl sites for hydroxylation is 12.